The molecule has 29 heavy (non-hydrogen) atoms. The van der Waals surface area contributed by atoms with E-state index in [0.717, 1.165) is 21.2 Å². The molecule has 5 aromatic rings. The Morgan fingerprint density at radius 3 is 2.52 bits per heavy atom. The van der Waals surface area contributed by atoms with Crippen LogP contribution in [0.15, 0.2) is 83.8 Å². The first-order valence-corrected chi connectivity index (χ1v) is 9.82. The van der Waals surface area contributed by atoms with Gasteiger partial charge in [-0.05, 0) is 41.5 Å². The fourth-order valence-electron chi connectivity index (χ4n) is 3.31. The van der Waals surface area contributed by atoms with E-state index in [0.29, 0.717) is 17.9 Å². The summed E-state index contributed by atoms with van der Waals surface area (Å²) < 4.78 is 17.3. The summed E-state index contributed by atoms with van der Waals surface area (Å²) in [6.07, 6.45) is 1.75. The van der Waals surface area contributed by atoms with Gasteiger partial charge in [0.05, 0.1) is 28.5 Å². The average molecular weight is 402 g/mol. The molecule has 0 N–H and O–H groups in total. The lowest BCUT2D eigenvalue weighted by atomic mass is 10.0. The molecule has 0 spiro atoms. The second-order valence-electron chi connectivity index (χ2n) is 6.61. The van der Waals surface area contributed by atoms with Gasteiger partial charge >= 0.3 is 0 Å². The lowest BCUT2D eigenvalue weighted by molar-refractivity contribution is 0.626. The molecule has 2 aromatic heterocycles. The second kappa shape index (κ2) is 7.10. The maximum absolute atomic E-state index is 13.1. The van der Waals surface area contributed by atoms with Crippen LogP contribution in [0.2, 0.25) is 0 Å². The summed E-state index contributed by atoms with van der Waals surface area (Å²) in [5.41, 5.74) is 3.27. The highest BCUT2D eigenvalue weighted by molar-refractivity contribution is 7.14. The zero-order valence-corrected chi connectivity index (χ0v) is 16.0. The Labute approximate surface area is 169 Å². The van der Waals surface area contributed by atoms with E-state index in [9.17, 15) is 9.18 Å². The van der Waals surface area contributed by atoms with E-state index >= 15 is 0 Å². The van der Waals surface area contributed by atoms with Crippen LogP contribution < -0.4 is 5.56 Å². The number of aromatic nitrogens is 4. The number of nitrogens with zero attached hydrogens (tertiary/aromatic N) is 4. The fourth-order valence-corrected chi connectivity index (χ4v) is 4.35. The summed E-state index contributed by atoms with van der Waals surface area (Å²) in [6, 6.07) is 21.8. The maximum atomic E-state index is 13.1. The largest absolute Gasteiger partial charge is 0.269 e. The first kappa shape index (κ1) is 17.5. The molecule has 0 aliphatic rings. The fraction of sp³-hybridized carbons (Fsp3) is 0.0455. The lowest BCUT2D eigenvalue weighted by Gasteiger charge is -2.01. The Kier molecular flexibility index (Phi) is 4.29. The molecule has 7 heteroatoms. The summed E-state index contributed by atoms with van der Waals surface area (Å²) in [5, 5.41) is 8.98. The number of hydrogen-bond acceptors (Lipinski definition) is 4. The van der Waals surface area contributed by atoms with Crippen LogP contribution >= 0.6 is 11.5 Å². The van der Waals surface area contributed by atoms with Crippen molar-refractivity contribution in [1.29, 1.82) is 0 Å². The normalized spacial score (nSPS) is 11.2. The standard InChI is InChI=1S/C22H15FN4OS/c23-16-9-11-18(12-10-16)26-13-17(24-25-26)14-27-22(28)21-19(7-4-8-20(21)29-27)15-5-2-1-3-6-15/h1-13H,14H2. The highest BCUT2D eigenvalue weighted by Crippen LogP contribution is 2.29. The Bertz CT molecular complexity index is 1350. The first-order chi connectivity index (χ1) is 14.2. The van der Waals surface area contributed by atoms with E-state index in [1.54, 1.807) is 27.0 Å². The molecule has 0 atom stereocenters. The molecular weight excluding hydrogens is 387 g/mol. The maximum Gasteiger partial charge on any atom is 0.269 e. The lowest BCUT2D eigenvalue weighted by Crippen LogP contribution is -2.14. The van der Waals surface area contributed by atoms with Gasteiger partial charge in [-0.2, -0.15) is 0 Å². The van der Waals surface area contributed by atoms with Crippen LogP contribution in [0.3, 0.4) is 0 Å². The van der Waals surface area contributed by atoms with Crippen LogP contribution in [0, 0.1) is 5.82 Å². The molecule has 0 fully saturated rings. The second-order valence-corrected chi connectivity index (χ2v) is 7.67. The third-order valence-electron chi connectivity index (χ3n) is 4.70. The Morgan fingerprint density at radius 2 is 1.72 bits per heavy atom. The van der Waals surface area contributed by atoms with Gasteiger partial charge in [0, 0.05) is 0 Å². The highest BCUT2D eigenvalue weighted by Gasteiger charge is 2.14. The van der Waals surface area contributed by atoms with Crippen LogP contribution in [0.4, 0.5) is 4.39 Å². The van der Waals surface area contributed by atoms with Crippen LogP contribution in [0.5, 0.6) is 0 Å². The third kappa shape index (κ3) is 3.25. The number of benzene rings is 3. The predicted octanol–water partition coefficient (Wildman–Crippen LogP) is 4.50. The first-order valence-electron chi connectivity index (χ1n) is 9.04. The Morgan fingerprint density at radius 1 is 0.931 bits per heavy atom. The van der Waals surface area contributed by atoms with Crippen LogP contribution in [-0.4, -0.2) is 19.0 Å². The molecular formula is C22H15FN4OS. The van der Waals surface area contributed by atoms with Gasteiger partial charge in [-0.25, -0.2) is 9.07 Å². The van der Waals surface area contributed by atoms with Crippen molar-refractivity contribution in [3.8, 4) is 16.8 Å². The molecule has 5 nitrogen and oxygen atoms in total. The Balaban J connectivity index is 1.51. The zero-order valence-electron chi connectivity index (χ0n) is 15.2. The van der Waals surface area contributed by atoms with Crippen LogP contribution in [0.1, 0.15) is 5.69 Å². The zero-order chi connectivity index (χ0) is 19.8. The minimum atomic E-state index is -0.305. The van der Waals surface area contributed by atoms with Gasteiger partial charge in [-0.3, -0.25) is 8.75 Å². The molecule has 0 aliphatic carbocycles. The van der Waals surface area contributed by atoms with E-state index in [1.165, 1.54) is 23.7 Å². The van der Waals surface area contributed by atoms with Crippen molar-refractivity contribution in [2.24, 2.45) is 0 Å². The predicted molar refractivity (Wildman–Crippen MR) is 112 cm³/mol. The van der Waals surface area contributed by atoms with Gasteiger partial charge < -0.3 is 0 Å². The quantitative estimate of drug-likeness (QED) is 0.445. The number of rotatable bonds is 4. The number of halogens is 1. The topological polar surface area (TPSA) is 52.7 Å². The molecule has 0 aliphatic heterocycles. The average Bonchev–Trinajstić information content (AvgIpc) is 3.34. The van der Waals surface area contributed by atoms with E-state index in [4.69, 9.17) is 0 Å². The smallest absolute Gasteiger partial charge is 0.268 e. The molecule has 0 saturated heterocycles. The third-order valence-corrected chi connectivity index (χ3v) is 5.75. The van der Waals surface area contributed by atoms with Gasteiger partial charge in [0.15, 0.2) is 0 Å². The summed E-state index contributed by atoms with van der Waals surface area (Å²) in [7, 11) is 0. The molecule has 0 saturated carbocycles. The molecule has 142 valence electrons. The van der Waals surface area contributed by atoms with E-state index in [2.05, 4.69) is 10.3 Å². The molecule has 0 radical (unpaired) electrons. The minimum absolute atomic E-state index is 0.0409. The SMILES string of the molecule is O=c1c2c(-c3ccccc3)cccc2sn1Cc1cn(-c2ccc(F)cc2)nn1. The summed E-state index contributed by atoms with van der Waals surface area (Å²) in [4.78, 5) is 13.1. The summed E-state index contributed by atoms with van der Waals surface area (Å²) in [6.45, 7) is 0.327. The molecule has 0 unspecified atom stereocenters. The van der Waals surface area contributed by atoms with Crippen molar-refractivity contribution >= 4 is 21.6 Å². The van der Waals surface area contributed by atoms with Gasteiger partial charge in [0.2, 0.25) is 0 Å². The van der Waals surface area contributed by atoms with Crippen LogP contribution in [0.25, 0.3) is 26.9 Å². The van der Waals surface area contributed by atoms with Crippen molar-refractivity contribution in [3.63, 3.8) is 0 Å². The van der Waals surface area contributed by atoms with E-state index in [-0.39, 0.29) is 11.4 Å². The molecule has 5 rings (SSSR count). The highest BCUT2D eigenvalue weighted by atomic mass is 32.1. The summed E-state index contributed by atoms with van der Waals surface area (Å²) >= 11 is 1.41. The van der Waals surface area contributed by atoms with Gasteiger partial charge in [0.1, 0.15) is 11.5 Å². The van der Waals surface area contributed by atoms with E-state index in [1.807, 2.05) is 48.5 Å². The molecule has 2 heterocycles. The van der Waals surface area contributed by atoms with E-state index < -0.39 is 0 Å². The Hall–Kier alpha value is -3.58. The number of hydrogen-bond donors (Lipinski definition) is 0. The summed E-state index contributed by atoms with van der Waals surface area (Å²) in [5.74, 6) is -0.305. The molecule has 3 aromatic carbocycles. The van der Waals surface area contributed by atoms with Crippen molar-refractivity contribution in [2.75, 3.05) is 0 Å². The molecule has 0 amide bonds. The minimum Gasteiger partial charge on any atom is -0.268 e. The van der Waals surface area contributed by atoms with Gasteiger partial charge in [-0.1, -0.05) is 59.2 Å². The van der Waals surface area contributed by atoms with Gasteiger partial charge in [-0.15, -0.1) is 5.10 Å². The van der Waals surface area contributed by atoms with Crippen molar-refractivity contribution in [1.82, 2.24) is 19.0 Å². The molecule has 0 bridgehead atoms. The van der Waals surface area contributed by atoms with Crippen molar-refractivity contribution < 1.29 is 4.39 Å². The number of fused-ring (bicyclic) bond motifs is 1. The van der Waals surface area contributed by atoms with Crippen molar-refractivity contribution in [2.45, 2.75) is 6.54 Å². The van der Waals surface area contributed by atoms with Crippen LogP contribution in [-0.2, 0) is 6.54 Å². The monoisotopic (exact) mass is 402 g/mol. The van der Waals surface area contributed by atoms with Crippen molar-refractivity contribution in [3.05, 3.63) is 101 Å². The van der Waals surface area contributed by atoms with Gasteiger partial charge in [0.25, 0.3) is 5.56 Å².